The molecule has 0 amide bonds. The number of para-hydroxylation sites is 1. The molecule has 1 atom stereocenters. The number of rotatable bonds is 1. The predicted molar refractivity (Wildman–Crippen MR) is 52.4 cm³/mol. The van der Waals surface area contributed by atoms with E-state index in [2.05, 4.69) is 23.1 Å². The van der Waals surface area contributed by atoms with Gasteiger partial charge in [0.2, 0.25) is 0 Å². The van der Waals surface area contributed by atoms with E-state index in [4.69, 9.17) is 5.26 Å². The van der Waals surface area contributed by atoms with Crippen LogP contribution in [0.5, 0.6) is 0 Å². The minimum Gasteiger partial charge on any atom is -0.370 e. The van der Waals surface area contributed by atoms with Gasteiger partial charge in [0, 0.05) is 18.8 Å². The van der Waals surface area contributed by atoms with Crippen molar-refractivity contribution in [2.75, 3.05) is 18.0 Å². The fourth-order valence-corrected chi connectivity index (χ4v) is 1.74. The lowest BCUT2D eigenvalue weighted by molar-refractivity contribution is 0.755. The third-order valence-corrected chi connectivity index (χ3v) is 2.49. The van der Waals surface area contributed by atoms with Gasteiger partial charge in [-0.15, -0.1) is 0 Å². The number of hydrogen-bond donors (Lipinski definition) is 0. The van der Waals surface area contributed by atoms with Crippen LogP contribution in [-0.2, 0) is 0 Å². The average molecular weight is 172 g/mol. The van der Waals surface area contributed by atoms with Gasteiger partial charge < -0.3 is 4.90 Å². The molecule has 1 aromatic rings. The molecule has 1 heterocycles. The Labute approximate surface area is 78.4 Å². The van der Waals surface area contributed by atoms with Gasteiger partial charge in [0.25, 0.3) is 0 Å². The molecule has 0 unspecified atom stereocenters. The van der Waals surface area contributed by atoms with Gasteiger partial charge in [0.1, 0.15) is 0 Å². The van der Waals surface area contributed by atoms with Crippen LogP contribution in [0.1, 0.15) is 6.42 Å². The topological polar surface area (TPSA) is 27.0 Å². The molecule has 1 aliphatic heterocycles. The monoisotopic (exact) mass is 172 g/mol. The van der Waals surface area contributed by atoms with Gasteiger partial charge in [-0.1, -0.05) is 18.2 Å². The Bertz CT molecular complexity index is 313. The Morgan fingerprint density at radius 3 is 2.69 bits per heavy atom. The molecule has 0 bridgehead atoms. The summed E-state index contributed by atoms with van der Waals surface area (Å²) in [7, 11) is 0. The van der Waals surface area contributed by atoms with Crippen LogP contribution in [0, 0.1) is 17.2 Å². The Morgan fingerprint density at radius 1 is 1.31 bits per heavy atom. The van der Waals surface area contributed by atoms with Crippen molar-refractivity contribution in [3.8, 4) is 6.07 Å². The molecule has 1 fully saturated rings. The molecule has 2 rings (SSSR count). The highest BCUT2D eigenvalue weighted by Crippen LogP contribution is 2.22. The highest BCUT2D eigenvalue weighted by atomic mass is 15.1. The molecule has 0 spiro atoms. The quantitative estimate of drug-likeness (QED) is 0.648. The van der Waals surface area contributed by atoms with E-state index in [-0.39, 0.29) is 5.92 Å². The summed E-state index contributed by atoms with van der Waals surface area (Å²) in [6.45, 7) is 1.91. The maximum absolute atomic E-state index is 8.75. The molecule has 0 N–H and O–H groups in total. The lowest BCUT2D eigenvalue weighted by Crippen LogP contribution is -2.18. The van der Waals surface area contributed by atoms with Gasteiger partial charge in [-0.2, -0.15) is 5.26 Å². The van der Waals surface area contributed by atoms with Gasteiger partial charge in [0.05, 0.1) is 12.0 Å². The summed E-state index contributed by atoms with van der Waals surface area (Å²) in [5.74, 6) is 0.222. The summed E-state index contributed by atoms with van der Waals surface area (Å²) in [4.78, 5) is 2.27. The SMILES string of the molecule is N#C[C@H]1CCN(c2ccccc2)C1. The largest absolute Gasteiger partial charge is 0.370 e. The molecule has 1 saturated heterocycles. The Hall–Kier alpha value is -1.49. The summed E-state index contributed by atoms with van der Waals surface area (Å²) in [5.41, 5.74) is 1.24. The highest BCUT2D eigenvalue weighted by molar-refractivity contribution is 5.47. The van der Waals surface area contributed by atoms with Gasteiger partial charge in [-0.05, 0) is 18.6 Å². The third-order valence-electron chi connectivity index (χ3n) is 2.49. The first-order valence-corrected chi connectivity index (χ1v) is 4.60. The molecular formula is C11H12N2. The van der Waals surface area contributed by atoms with Crippen molar-refractivity contribution < 1.29 is 0 Å². The molecular weight excluding hydrogens is 160 g/mol. The lowest BCUT2D eigenvalue weighted by atomic mass is 10.1. The molecule has 66 valence electrons. The van der Waals surface area contributed by atoms with Crippen LogP contribution in [0.15, 0.2) is 30.3 Å². The van der Waals surface area contributed by atoms with Crippen LogP contribution in [-0.4, -0.2) is 13.1 Å². The summed E-state index contributed by atoms with van der Waals surface area (Å²) >= 11 is 0. The van der Waals surface area contributed by atoms with E-state index >= 15 is 0 Å². The number of nitriles is 1. The van der Waals surface area contributed by atoms with Crippen LogP contribution < -0.4 is 4.90 Å². The van der Waals surface area contributed by atoms with E-state index < -0.39 is 0 Å². The van der Waals surface area contributed by atoms with Crippen molar-refractivity contribution in [3.05, 3.63) is 30.3 Å². The van der Waals surface area contributed by atoms with Crippen molar-refractivity contribution in [2.24, 2.45) is 5.92 Å². The molecule has 0 aromatic heterocycles. The van der Waals surface area contributed by atoms with E-state index in [1.54, 1.807) is 0 Å². The minimum atomic E-state index is 0.222. The standard InChI is InChI=1S/C11H12N2/c12-8-10-6-7-13(9-10)11-4-2-1-3-5-11/h1-5,10H,6-7,9H2/t10-/m1/s1. The van der Waals surface area contributed by atoms with Gasteiger partial charge >= 0.3 is 0 Å². The van der Waals surface area contributed by atoms with E-state index in [9.17, 15) is 0 Å². The fourth-order valence-electron chi connectivity index (χ4n) is 1.74. The molecule has 1 aliphatic rings. The molecule has 0 radical (unpaired) electrons. The summed E-state index contributed by atoms with van der Waals surface area (Å²) in [6.07, 6.45) is 1.01. The fraction of sp³-hybridized carbons (Fsp3) is 0.364. The second kappa shape index (κ2) is 3.49. The molecule has 0 saturated carbocycles. The van der Waals surface area contributed by atoms with Crippen molar-refractivity contribution in [3.63, 3.8) is 0 Å². The molecule has 2 heteroatoms. The van der Waals surface area contributed by atoms with Crippen LogP contribution >= 0.6 is 0 Å². The summed E-state index contributed by atoms with van der Waals surface area (Å²) < 4.78 is 0. The Balaban J connectivity index is 2.09. The average Bonchev–Trinajstić information content (AvgIpc) is 2.67. The molecule has 1 aromatic carbocycles. The van der Waals surface area contributed by atoms with Gasteiger partial charge in [-0.25, -0.2) is 0 Å². The van der Waals surface area contributed by atoms with Gasteiger partial charge in [0.15, 0.2) is 0 Å². The first kappa shape index (κ1) is 8.12. The maximum Gasteiger partial charge on any atom is 0.0675 e. The first-order chi connectivity index (χ1) is 6.40. The zero-order valence-electron chi connectivity index (χ0n) is 7.48. The number of benzene rings is 1. The minimum absolute atomic E-state index is 0.222. The van der Waals surface area contributed by atoms with Crippen LogP contribution in [0.25, 0.3) is 0 Å². The smallest absolute Gasteiger partial charge is 0.0675 e. The highest BCUT2D eigenvalue weighted by Gasteiger charge is 2.21. The predicted octanol–water partition coefficient (Wildman–Crippen LogP) is 2.04. The lowest BCUT2D eigenvalue weighted by Gasteiger charge is -2.16. The first-order valence-electron chi connectivity index (χ1n) is 4.60. The van der Waals surface area contributed by atoms with Gasteiger partial charge in [-0.3, -0.25) is 0 Å². The second-order valence-electron chi connectivity index (χ2n) is 3.40. The third kappa shape index (κ3) is 1.65. The maximum atomic E-state index is 8.75. The Morgan fingerprint density at radius 2 is 2.08 bits per heavy atom. The molecule has 0 aliphatic carbocycles. The second-order valence-corrected chi connectivity index (χ2v) is 3.40. The summed E-state index contributed by atoms with van der Waals surface area (Å²) in [5, 5.41) is 8.75. The zero-order valence-corrected chi connectivity index (χ0v) is 7.48. The van der Waals surface area contributed by atoms with Crippen molar-refractivity contribution >= 4 is 5.69 Å². The van der Waals surface area contributed by atoms with E-state index in [1.165, 1.54) is 5.69 Å². The van der Waals surface area contributed by atoms with Crippen LogP contribution in [0.3, 0.4) is 0 Å². The van der Waals surface area contributed by atoms with E-state index in [1.807, 2.05) is 18.2 Å². The van der Waals surface area contributed by atoms with Crippen LogP contribution in [0.2, 0.25) is 0 Å². The number of nitrogens with zero attached hydrogens (tertiary/aromatic N) is 2. The van der Waals surface area contributed by atoms with Crippen molar-refractivity contribution in [2.45, 2.75) is 6.42 Å². The zero-order chi connectivity index (χ0) is 9.10. The van der Waals surface area contributed by atoms with Crippen molar-refractivity contribution in [1.29, 1.82) is 5.26 Å². The Kier molecular flexibility index (Phi) is 2.18. The summed E-state index contributed by atoms with van der Waals surface area (Å²) in [6, 6.07) is 12.6. The molecule has 13 heavy (non-hydrogen) atoms. The van der Waals surface area contributed by atoms with E-state index in [0.29, 0.717) is 0 Å². The van der Waals surface area contributed by atoms with E-state index in [0.717, 1.165) is 19.5 Å². The molecule has 2 nitrogen and oxygen atoms in total. The number of hydrogen-bond acceptors (Lipinski definition) is 2. The number of anilines is 1. The van der Waals surface area contributed by atoms with Crippen LogP contribution in [0.4, 0.5) is 5.69 Å². The van der Waals surface area contributed by atoms with Crippen molar-refractivity contribution in [1.82, 2.24) is 0 Å². The normalized spacial score (nSPS) is 21.5.